The van der Waals surface area contributed by atoms with Crippen LogP contribution in [0.15, 0.2) is 18.2 Å². The molecule has 1 aromatic rings. The van der Waals surface area contributed by atoms with Gasteiger partial charge in [-0.3, -0.25) is 0 Å². The second-order valence-corrected chi connectivity index (χ2v) is 5.60. The summed E-state index contributed by atoms with van der Waals surface area (Å²) >= 11 is 6.10. The number of hydrogen-bond acceptors (Lipinski definition) is 1. The van der Waals surface area contributed by atoms with Gasteiger partial charge < -0.3 is 5.32 Å². The van der Waals surface area contributed by atoms with Gasteiger partial charge in [0.1, 0.15) is 5.82 Å². The maximum absolute atomic E-state index is 13.0. The summed E-state index contributed by atoms with van der Waals surface area (Å²) < 4.78 is 13.0. The van der Waals surface area contributed by atoms with E-state index in [-0.39, 0.29) is 5.82 Å². The summed E-state index contributed by atoms with van der Waals surface area (Å²) in [5.41, 5.74) is 1.08. The van der Waals surface area contributed by atoms with E-state index >= 15 is 0 Å². The molecule has 0 aliphatic heterocycles. The predicted octanol–water partition coefficient (Wildman–Crippen LogP) is 4.19. The van der Waals surface area contributed by atoms with E-state index in [9.17, 15) is 4.39 Å². The van der Waals surface area contributed by atoms with Crippen LogP contribution in [0.25, 0.3) is 0 Å². The molecule has 0 spiro atoms. The third-order valence-corrected chi connectivity index (χ3v) is 4.16. The van der Waals surface area contributed by atoms with Gasteiger partial charge in [-0.15, -0.1) is 0 Å². The van der Waals surface area contributed by atoms with Crippen molar-refractivity contribution in [1.82, 2.24) is 5.32 Å². The molecular formula is C15H21ClFN. The smallest absolute Gasteiger partial charge is 0.124 e. The Morgan fingerprint density at radius 3 is 2.94 bits per heavy atom. The summed E-state index contributed by atoms with van der Waals surface area (Å²) in [7, 11) is 0. The van der Waals surface area contributed by atoms with Crippen LogP contribution in [0, 0.1) is 11.7 Å². The summed E-state index contributed by atoms with van der Waals surface area (Å²) in [5, 5.41) is 4.18. The standard InChI is InChI=1S/C15H21ClFN/c1-2-8-18-15-5-3-4-12(15)9-11-6-7-13(17)10-14(11)16/h6-7,10,12,15,18H,2-5,8-9H2,1H3. The molecular weight excluding hydrogens is 249 g/mol. The summed E-state index contributed by atoms with van der Waals surface area (Å²) in [6.07, 6.45) is 5.91. The van der Waals surface area contributed by atoms with Crippen LogP contribution < -0.4 is 5.32 Å². The lowest BCUT2D eigenvalue weighted by Crippen LogP contribution is -2.33. The number of benzene rings is 1. The summed E-state index contributed by atoms with van der Waals surface area (Å²) in [4.78, 5) is 0. The molecule has 1 nitrogen and oxygen atoms in total. The van der Waals surface area contributed by atoms with Crippen LogP contribution in [0.5, 0.6) is 0 Å². The molecule has 2 rings (SSSR count). The maximum atomic E-state index is 13.0. The van der Waals surface area contributed by atoms with Gasteiger partial charge in [0.2, 0.25) is 0 Å². The Labute approximate surface area is 114 Å². The van der Waals surface area contributed by atoms with E-state index in [1.165, 1.54) is 37.8 Å². The molecule has 0 saturated heterocycles. The topological polar surface area (TPSA) is 12.0 Å². The van der Waals surface area contributed by atoms with Gasteiger partial charge >= 0.3 is 0 Å². The van der Waals surface area contributed by atoms with Crippen LogP contribution in [-0.2, 0) is 6.42 Å². The fourth-order valence-corrected chi connectivity index (χ4v) is 3.09. The van der Waals surface area contributed by atoms with E-state index in [2.05, 4.69) is 12.2 Å². The first-order valence-electron chi connectivity index (χ1n) is 6.88. The van der Waals surface area contributed by atoms with Crippen molar-refractivity contribution in [3.8, 4) is 0 Å². The Balaban J connectivity index is 1.99. The zero-order valence-corrected chi connectivity index (χ0v) is 11.6. The van der Waals surface area contributed by atoms with Crippen molar-refractivity contribution >= 4 is 11.6 Å². The van der Waals surface area contributed by atoms with Gasteiger partial charge in [0.05, 0.1) is 0 Å². The average molecular weight is 270 g/mol. The summed E-state index contributed by atoms with van der Waals surface area (Å²) in [6, 6.07) is 5.35. The lowest BCUT2D eigenvalue weighted by molar-refractivity contribution is 0.399. The molecule has 0 bridgehead atoms. The second kappa shape index (κ2) is 6.53. The Bertz CT molecular complexity index is 394. The molecule has 0 heterocycles. The summed E-state index contributed by atoms with van der Waals surface area (Å²) in [5.74, 6) is 0.385. The Kier molecular flexibility index (Phi) is 5.02. The lowest BCUT2D eigenvalue weighted by atomic mass is 9.94. The number of halogens is 2. The maximum Gasteiger partial charge on any atom is 0.124 e. The van der Waals surface area contributed by atoms with Crippen LogP contribution in [0.3, 0.4) is 0 Å². The largest absolute Gasteiger partial charge is 0.314 e. The first kappa shape index (κ1) is 13.8. The number of nitrogens with one attached hydrogen (secondary N) is 1. The average Bonchev–Trinajstić information content (AvgIpc) is 2.77. The molecule has 2 atom stereocenters. The van der Waals surface area contributed by atoms with E-state index in [0.717, 1.165) is 18.5 Å². The fraction of sp³-hybridized carbons (Fsp3) is 0.600. The second-order valence-electron chi connectivity index (χ2n) is 5.19. The number of hydrogen-bond donors (Lipinski definition) is 1. The van der Waals surface area contributed by atoms with Crippen molar-refractivity contribution in [2.45, 2.75) is 45.1 Å². The van der Waals surface area contributed by atoms with Crippen LogP contribution >= 0.6 is 11.6 Å². The molecule has 1 aliphatic carbocycles. The predicted molar refractivity (Wildman–Crippen MR) is 74.5 cm³/mol. The first-order chi connectivity index (χ1) is 8.70. The molecule has 1 aliphatic rings. The molecule has 1 aromatic carbocycles. The molecule has 0 radical (unpaired) electrons. The minimum Gasteiger partial charge on any atom is -0.314 e. The minimum atomic E-state index is -0.254. The van der Waals surface area contributed by atoms with E-state index < -0.39 is 0 Å². The molecule has 3 heteroatoms. The first-order valence-corrected chi connectivity index (χ1v) is 7.25. The van der Waals surface area contributed by atoms with Crippen molar-refractivity contribution in [2.24, 2.45) is 5.92 Å². The van der Waals surface area contributed by atoms with E-state index in [1.807, 2.05) is 6.07 Å². The SMILES string of the molecule is CCCNC1CCCC1Cc1ccc(F)cc1Cl. The zero-order valence-electron chi connectivity index (χ0n) is 10.9. The van der Waals surface area contributed by atoms with Gasteiger partial charge in [-0.25, -0.2) is 4.39 Å². The van der Waals surface area contributed by atoms with Gasteiger partial charge in [-0.05, 0) is 55.8 Å². The van der Waals surface area contributed by atoms with Gasteiger partial charge in [0.15, 0.2) is 0 Å². The van der Waals surface area contributed by atoms with Gasteiger partial charge in [0.25, 0.3) is 0 Å². The lowest BCUT2D eigenvalue weighted by Gasteiger charge is -2.21. The van der Waals surface area contributed by atoms with Crippen LogP contribution in [0.4, 0.5) is 4.39 Å². The molecule has 1 N–H and O–H groups in total. The van der Waals surface area contributed by atoms with Gasteiger partial charge in [0, 0.05) is 11.1 Å². The third-order valence-electron chi connectivity index (χ3n) is 3.81. The monoisotopic (exact) mass is 269 g/mol. The van der Waals surface area contributed by atoms with Crippen LogP contribution in [0.1, 0.15) is 38.2 Å². The highest BCUT2D eigenvalue weighted by atomic mass is 35.5. The van der Waals surface area contributed by atoms with Crippen molar-refractivity contribution in [2.75, 3.05) is 6.54 Å². The molecule has 1 fully saturated rings. The molecule has 0 amide bonds. The summed E-state index contributed by atoms with van der Waals surface area (Å²) in [6.45, 7) is 3.27. The molecule has 18 heavy (non-hydrogen) atoms. The third kappa shape index (κ3) is 3.46. The van der Waals surface area contributed by atoms with Crippen molar-refractivity contribution < 1.29 is 4.39 Å². The van der Waals surface area contributed by atoms with Crippen LogP contribution in [-0.4, -0.2) is 12.6 Å². The normalized spacial score (nSPS) is 23.5. The van der Waals surface area contributed by atoms with Crippen molar-refractivity contribution in [3.05, 3.63) is 34.6 Å². The van der Waals surface area contributed by atoms with Crippen molar-refractivity contribution in [3.63, 3.8) is 0 Å². The van der Waals surface area contributed by atoms with Gasteiger partial charge in [-0.1, -0.05) is 31.0 Å². The molecule has 0 aromatic heterocycles. The van der Waals surface area contributed by atoms with Crippen LogP contribution in [0.2, 0.25) is 5.02 Å². The highest BCUT2D eigenvalue weighted by Gasteiger charge is 2.27. The molecule has 1 saturated carbocycles. The number of rotatable bonds is 5. The van der Waals surface area contributed by atoms with E-state index in [1.54, 1.807) is 0 Å². The Morgan fingerprint density at radius 2 is 2.22 bits per heavy atom. The highest BCUT2D eigenvalue weighted by molar-refractivity contribution is 6.31. The Hall–Kier alpha value is -0.600. The van der Waals surface area contributed by atoms with E-state index in [0.29, 0.717) is 17.0 Å². The van der Waals surface area contributed by atoms with E-state index in [4.69, 9.17) is 11.6 Å². The Morgan fingerprint density at radius 1 is 1.39 bits per heavy atom. The quantitative estimate of drug-likeness (QED) is 0.845. The van der Waals surface area contributed by atoms with Gasteiger partial charge in [-0.2, -0.15) is 0 Å². The highest BCUT2D eigenvalue weighted by Crippen LogP contribution is 2.31. The zero-order chi connectivity index (χ0) is 13.0. The fourth-order valence-electron chi connectivity index (χ4n) is 2.85. The molecule has 100 valence electrons. The minimum absolute atomic E-state index is 0.254. The molecule has 2 unspecified atom stereocenters. The van der Waals surface area contributed by atoms with Crippen molar-refractivity contribution in [1.29, 1.82) is 0 Å².